The Hall–Kier alpha value is -1.63. The van der Waals surface area contributed by atoms with E-state index in [1.165, 1.54) is 0 Å². The second-order valence-electron chi connectivity index (χ2n) is 4.71. The van der Waals surface area contributed by atoms with E-state index in [4.69, 9.17) is 11.5 Å². The highest BCUT2D eigenvalue weighted by molar-refractivity contribution is 5.92. The summed E-state index contributed by atoms with van der Waals surface area (Å²) in [5.41, 5.74) is 9.18. The Balaban J connectivity index is 2.69. The van der Waals surface area contributed by atoms with Gasteiger partial charge in [0.25, 0.3) is 0 Å². The lowest BCUT2D eigenvalue weighted by molar-refractivity contribution is -0.149. The summed E-state index contributed by atoms with van der Waals surface area (Å²) in [6.07, 6.45) is 2.93. The van der Waals surface area contributed by atoms with Gasteiger partial charge in [-0.3, -0.25) is 9.59 Å². The maximum absolute atomic E-state index is 11.7. The molecule has 1 fully saturated rings. The Morgan fingerprint density at radius 3 is 2.22 bits per heavy atom. The van der Waals surface area contributed by atoms with Gasteiger partial charge in [-0.05, 0) is 12.8 Å². The molecule has 0 aliphatic heterocycles. The Morgan fingerprint density at radius 2 is 1.78 bits per heavy atom. The minimum Gasteiger partial charge on any atom is -0.480 e. The zero-order valence-electron chi connectivity index (χ0n) is 10.1. The molecule has 0 radical (unpaired) electrons. The molecule has 1 atom stereocenters. The lowest BCUT2D eigenvalue weighted by atomic mass is 9.81. The number of hydrogen-bond acceptors (Lipinski definition) is 4. The summed E-state index contributed by atoms with van der Waals surface area (Å²) in [5, 5.41) is 11.7. The zero-order chi connectivity index (χ0) is 13.8. The van der Waals surface area contributed by atoms with Gasteiger partial charge >= 0.3 is 5.97 Å². The van der Waals surface area contributed by atoms with Crippen molar-refractivity contribution in [1.29, 1.82) is 0 Å². The van der Waals surface area contributed by atoms with Crippen molar-refractivity contribution < 1.29 is 19.5 Å². The van der Waals surface area contributed by atoms with E-state index in [1.807, 2.05) is 0 Å². The normalized spacial score (nSPS) is 19.8. The predicted octanol–water partition coefficient (Wildman–Crippen LogP) is -0.907. The van der Waals surface area contributed by atoms with Crippen LogP contribution < -0.4 is 16.8 Å². The monoisotopic (exact) mass is 257 g/mol. The molecule has 0 spiro atoms. The van der Waals surface area contributed by atoms with Crippen molar-refractivity contribution >= 4 is 17.8 Å². The van der Waals surface area contributed by atoms with Crippen molar-refractivity contribution in [2.75, 3.05) is 0 Å². The smallest absolute Gasteiger partial charge is 0.329 e. The van der Waals surface area contributed by atoms with E-state index >= 15 is 0 Å². The number of aliphatic carboxylic acids is 1. The Labute approximate surface area is 105 Å². The van der Waals surface area contributed by atoms with Gasteiger partial charge in [-0.2, -0.15) is 0 Å². The molecule has 1 aliphatic carbocycles. The molecule has 102 valence electrons. The molecule has 0 aromatic heterocycles. The van der Waals surface area contributed by atoms with Gasteiger partial charge in [-0.25, -0.2) is 4.79 Å². The fourth-order valence-corrected chi connectivity index (χ4v) is 2.19. The summed E-state index contributed by atoms with van der Waals surface area (Å²) >= 11 is 0. The summed E-state index contributed by atoms with van der Waals surface area (Å²) < 4.78 is 0. The average Bonchev–Trinajstić information content (AvgIpc) is 2.29. The fourth-order valence-electron chi connectivity index (χ4n) is 2.19. The summed E-state index contributed by atoms with van der Waals surface area (Å²) in [5.74, 6) is -2.38. The third-order valence-corrected chi connectivity index (χ3v) is 3.24. The van der Waals surface area contributed by atoms with Crippen molar-refractivity contribution in [1.82, 2.24) is 5.32 Å². The minimum absolute atomic E-state index is 0.290. The first-order chi connectivity index (χ1) is 8.37. The number of carbonyl (C=O) groups is 3. The van der Waals surface area contributed by atoms with E-state index in [2.05, 4.69) is 5.32 Å². The van der Waals surface area contributed by atoms with Gasteiger partial charge in [-0.15, -0.1) is 0 Å². The minimum atomic E-state index is -1.25. The van der Waals surface area contributed by atoms with Crippen LogP contribution in [0.25, 0.3) is 0 Å². The van der Waals surface area contributed by atoms with Crippen LogP contribution in [0.2, 0.25) is 0 Å². The number of carbonyl (C=O) groups excluding carboxylic acids is 2. The predicted molar refractivity (Wildman–Crippen MR) is 63.4 cm³/mol. The van der Waals surface area contributed by atoms with Gasteiger partial charge in [0.15, 0.2) is 0 Å². The standard InChI is InChI=1S/C11H19N3O4/c12-7(6-8(13)15)9(16)14-11(10(17)18)4-2-1-3-5-11/h7H,1-6,12H2,(H2,13,15)(H,14,16)(H,17,18)/t7-/m0/s1. The second kappa shape index (κ2) is 5.81. The number of carboxylic acid groups (broad SMARTS) is 1. The van der Waals surface area contributed by atoms with E-state index in [0.29, 0.717) is 12.8 Å². The molecule has 1 saturated carbocycles. The molecule has 18 heavy (non-hydrogen) atoms. The van der Waals surface area contributed by atoms with Crippen molar-refractivity contribution in [3.63, 3.8) is 0 Å². The number of hydrogen-bond donors (Lipinski definition) is 4. The first-order valence-electron chi connectivity index (χ1n) is 5.97. The number of amides is 2. The van der Waals surface area contributed by atoms with Crippen LogP contribution in [0.15, 0.2) is 0 Å². The molecule has 0 saturated heterocycles. The molecule has 0 bridgehead atoms. The van der Waals surface area contributed by atoms with E-state index in [0.717, 1.165) is 19.3 Å². The largest absolute Gasteiger partial charge is 0.480 e. The maximum atomic E-state index is 11.7. The van der Waals surface area contributed by atoms with Crippen LogP contribution in [0.4, 0.5) is 0 Å². The molecular formula is C11H19N3O4. The zero-order valence-corrected chi connectivity index (χ0v) is 10.1. The summed E-state index contributed by atoms with van der Waals surface area (Å²) in [4.78, 5) is 33.7. The van der Waals surface area contributed by atoms with Crippen molar-refractivity contribution in [3.05, 3.63) is 0 Å². The number of nitrogens with two attached hydrogens (primary N) is 2. The van der Waals surface area contributed by atoms with Crippen LogP contribution >= 0.6 is 0 Å². The average molecular weight is 257 g/mol. The molecule has 2 amide bonds. The van der Waals surface area contributed by atoms with E-state index in [9.17, 15) is 19.5 Å². The van der Waals surface area contributed by atoms with Crippen LogP contribution in [0.1, 0.15) is 38.5 Å². The van der Waals surface area contributed by atoms with Gasteiger partial charge in [0.1, 0.15) is 5.54 Å². The van der Waals surface area contributed by atoms with Gasteiger partial charge in [-0.1, -0.05) is 19.3 Å². The first kappa shape index (κ1) is 14.4. The summed E-state index contributed by atoms with van der Waals surface area (Å²) in [6, 6.07) is -1.10. The second-order valence-corrected chi connectivity index (χ2v) is 4.71. The van der Waals surface area contributed by atoms with Crippen LogP contribution in [0.5, 0.6) is 0 Å². The Kier molecular flexibility index (Phi) is 4.66. The summed E-state index contributed by atoms with van der Waals surface area (Å²) in [7, 11) is 0. The quantitative estimate of drug-likeness (QED) is 0.505. The molecule has 1 aliphatic rings. The molecular weight excluding hydrogens is 238 g/mol. The molecule has 0 heterocycles. The first-order valence-corrected chi connectivity index (χ1v) is 5.97. The topological polar surface area (TPSA) is 136 Å². The molecule has 6 N–H and O–H groups in total. The van der Waals surface area contributed by atoms with Gasteiger partial charge in [0, 0.05) is 0 Å². The maximum Gasteiger partial charge on any atom is 0.329 e. The highest BCUT2D eigenvalue weighted by Gasteiger charge is 2.41. The molecule has 0 aromatic carbocycles. The molecule has 7 heteroatoms. The van der Waals surface area contributed by atoms with Gasteiger partial charge in [0.05, 0.1) is 12.5 Å². The Bertz CT molecular complexity index is 350. The van der Waals surface area contributed by atoms with Crippen LogP contribution in [0, 0.1) is 0 Å². The van der Waals surface area contributed by atoms with E-state index in [-0.39, 0.29) is 6.42 Å². The lowest BCUT2D eigenvalue weighted by Crippen LogP contribution is -2.59. The number of rotatable bonds is 5. The fraction of sp³-hybridized carbons (Fsp3) is 0.727. The molecule has 0 unspecified atom stereocenters. The highest BCUT2D eigenvalue weighted by Crippen LogP contribution is 2.28. The SMILES string of the molecule is NC(=O)C[C@H](N)C(=O)NC1(C(=O)O)CCCCC1. The number of nitrogens with one attached hydrogen (secondary N) is 1. The lowest BCUT2D eigenvalue weighted by Gasteiger charge is -2.34. The van der Waals surface area contributed by atoms with E-state index in [1.54, 1.807) is 0 Å². The van der Waals surface area contributed by atoms with Crippen molar-refractivity contribution in [2.24, 2.45) is 11.5 Å². The van der Waals surface area contributed by atoms with E-state index < -0.39 is 29.4 Å². The third-order valence-electron chi connectivity index (χ3n) is 3.24. The van der Waals surface area contributed by atoms with Crippen LogP contribution in [-0.2, 0) is 14.4 Å². The molecule has 7 nitrogen and oxygen atoms in total. The third kappa shape index (κ3) is 3.43. The summed E-state index contributed by atoms with van der Waals surface area (Å²) in [6.45, 7) is 0. The Morgan fingerprint density at radius 1 is 1.22 bits per heavy atom. The highest BCUT2D eigenvalue weighted by atomic mass is 16.4. The van der Waals surface area contributed by atoms with Crippen LogP contribution in [-0.4, -0.2) is 34.5 Å². The van der Waals surface area contributed by atoms with Gasteiger partial charge < -0.3 is 21.9 Å². The van der Waals surface area contributed by atoms with Gasteiger partial charge in [0.2, 0.25) is 11.8 Å². The van der Waals surface area contributed by atoms with Crippen molar-refractivity contribution in [2.45, 2.75) is 50.1 Å². The van der Waals surface area contributed by atoms with Crippen LogP contribution in [0.3, 0.4) is 0 Å². The van der Waals surface area contributed by atoms with Crippen molar-refractivity contribution in [3.8, 4) is 0 Å². The molecule has 1 rings (SSSR count). The molecule has 0 aromatic rings. The number of primary amides is 1. The number of carboxylic acids is 1.